The van der Waals surface area contributed by atoms with Crippen LogP contribution in [0.3, 0.4) is 0 Å². The van der Waals surface area contributed by atoms with Gasteiger partial charge in [0.05, 0.1) is 0 Å². The van der Waals surface area contributed by atoms with Crippen molar-refractivity contribution in [3.63, 3.8) is 0 Å². The lowest BCUT2D eigenvalue weighted by Gasteiger charge is -2.04. The van der Waals surface area contributed by atoms with Crippen LogP contribution in [0.25, 0.3) is 0 Å². The van der Waals surface area contributed by atoms with Crippen LogP contribution in [0.4, 0.5) is 5.69 Å². The van der Waals surface area contributed by atoms with E-state index in [1.165, 1.54) is 23.1 Å². The highest BCUT2D eigenvalue weighted by molar-refractivity contribution is 8.03. The van der Waals surface area contributed by atoms with Gasteiger partial charge in [-0.2, -0.15) is 0 Å². The van der Waals surface area contributed by atoms with Crippen LogP contribution in [0, 0.1) is 0 Å². The molecule has 0 radical (unpaired) electrons. The molecule has 0 unspecified atom stereocenters. The quantitative estimate of drug-likeness (QED) is 0.663. The molecular formula is C10H10N4OS3. The second-order valence-electron chi connectivity index (χ2n) is 3.26. The predicted molar refractivity (Wildman–Crippen MR) is 75.2 cm³/mol. The minimum absolute atomic E-state index is 0.402. The van der Waals surface area contributed by atoms with Crippen molar-refractivity contribution < 1.29 is 4.79 Å². The molecule has 0 aliphatic heterocycles. The van der Waals surface area contributed by atoms with Crippen LogP contribution in [0.15, 0.2) is 31.8 Å². The molecule has 18 heavy (non-hydrogen) atoms. The monoisotopic (exact) mass is 298 g/mol. The number of amides is 1. The number of carbonyl (C=O) groups excluding carboxylic acids is 1. The maximum atomic E-state index is 11.0. The summed E-state index contributed by atoms with van der Waals surface area (Å²) in [5.74, 6) is -0.487. The zero-order valence-electron chi connectivity index (χ0n) is 9.41. The third-order valence-electron chi connectivity index (χ3n) is 2.05. The fourth-order valence-corrected chi connectivity index (χ4v) is 3.63. The predicted octanol–water partition coefficient (Wildman–Crippen LogP) is 2.09. The van der Waals surface area contributed by atoms with E-state index in [1.807, 2.05) is 6.26 Å². The normalized spacial score (nSPS) is 10.5. The van der Waals surface area contributed by atoms with Crippen molar-refractivity contribution >= 4 is 46.5 Å². The van der Waals surface area contributed by atoms with Crippen LogP contribution in [-0.2, 0) is 0 Å². The van der Waals surface area contributed by atoms with Gasteiger partial charge in [-0.05, 0) is 24.5 Å². The fraction of sp³-hybridized carbons (Fsp3) is 0.100. The molecule has 0 atom stereocenters. The number of nitrogens with two attached hydrogens (primary N) is 2. The molecule has 1 aromatic heterocycles. The van der Waals surface area contributed by atoms with Gasteiger partial charge >= 0.3 is 0 Å². The topological polar surface area (TPSA) is 94.9 Å². The highest BCUT2D eigenvalue weighted by atomic mass is 32.2. The van der Waals surface area contributed by atoms with Crippen LogP contribution in [0.1, 0.15) is 10.4 Å². The van der Waals surface area contributed by atoms with Gasteiger partial charge in [-0.3, -0.25) is 4.79 Å². The highest BCUT2D eigenvalue weighted by Crippen LogP contribution is 2.35. The van der Waals surface area contributed by atoms with E-state index in [0.717, 1.165) is 13.6 Å². The first kappa shape index (κ1) is 13.2. The first-order chi connectivity index (χ1) is 8.60. The minimum Gasteiger partial charge on any atom is -0.398 e. The van der Waals surface area contributed by atoms with Gasteiger partial charge in [0.1, 0.15) is 0 Å². The van der Waals surface area contributed by atoms with Crippen LogP contribution >= 0.6 is 34.9 Å². The second-order valence-corrected chi connectivity index (χ2v) is 6.58. The van der Waals surface area contributed by atoms with Crippen LogP contribution in [0.5, 0.6) is 0 Å². The van der Waals surface area contributed by atoms with E-state index >= 15 is 0 Å². The number of benzene rings is 1. The Morgan fingerprint density at radius 3 is 2.61 bits per heavy atom. The van der Waals surface area contributed by atoms with Gasteiger partial charge in [0.25, 0.3) is 0 Å². The average molecular weight is 298 g/mol. The van der Waals surface area contributed by atoms with Crippen molar-refractivity contribution in [2.75, 3.05) is 12.0 Å². The number of hydrogen-bond acceptors (Lipinski definition) is 7. The lowest BCUT2D eigenvalue weighted by Crippen LogP contribution is -2.11. The van der Waals surface area contributed by atoms with Gasteiger partial charge in [-0.15, -0.1) is 10.2 Å². The summed E-state index contributed by atoms with van der Waals surface area (Å²) in [6.07, 6.45) is 1.95. The first-order valence-electron chi connectivity index (χ1n) is 4.85. The molecule has 0 aliphatic rings. The number of thioether (sulfide) groups is 1. The molecule has 4 N–H and O–H groups in total. The molecule has 2 aromatic rings. The maximum Gasteiger partial charge on any atom is 0.248 e. The molecule has 1 amide bonds. The Labute approximate surface area is 116 Å². The summed E-state index contributed by atoms with van der Waals surface area (Å²) in [5.41, 5.74) is 12.0. The summed E-state index contributed by atoms with van der Waals surface area (Å²) in [6, 6.07) is 4.99. The Morgan fingerprint density at radius 1 is 1.33 bits per heavy atom. The zero-order chi connectivity index (χ0) is 13.1. The van der Waals surface area contributed by atoms with E-state index in [9.17, 15) is 4.79 Å². The van der Waals surface area contributed by atoms with Crippen molar-refractivity contribution in [1.82, 2.24) is 10.2 Å². The van der Waals surface area contributed by atoms with Gasteiger partial charge in [0.2, 0.25) is 5.91 Å². The molecule has 0 aliphatic carbocycles. The Morgan fingerprint density at radius 2 is 2.06 bits per heavy atom. The standard InChI is InChI=1S/C10H10N4OS3/c1-16-9-13-14-10(18-9)17-7-3-2-5(8(12)15)4-6(7)11/h2-4H,11H2,1H3,(H2,12,15). The smallest absolute Gasteiger partial charge is 0.248 e. The Hall–Kier alpha value is -1.25. The van der Waals surface area contributed by atoms with E-state index in [-0.39, 0.29) is 0 Å². The molecule has 0 saturated carbocycles. The van der Waals surface area contributed by atoms with Gasteiger partial charge in [-0.25, -0.2) is 0 Å². The number of hydrogen-bond donors (Lipinski definition) is 2. The summed E-state index contributed by atoms with van der Waals surface area (Å²) in [4.78, 5) is 11.8. The third kappa shape index (κ3) is 2.95. The summed E-state index contributed by atoms with van der Waals surface area (Å²) in [7, 11) is 0. The molecule has 8 heteroatoms. The second kappa shape index (κ2) is 5.59. The van der Waals surface area contributed by atoms with Crippen molar-refractivity contribution in [1.29, 1.82) is 0 Å². The maximum absolute atomic E-state index is 11.0. The van der Waals surface area contributed by atoms with Crippen molar-refractivity contribution in [2.24, 2.45) is 5.73 Å². The summed E-state index contributed by atoms with van der Waals surface area (Å²) < 4.78 is 1.72. The first-order valence-corrected chi connectivity index (χ1v) is 7.70. The van der Waals surface area contributed by atoms with Crippen molar-refractivity contribution in [3.05, 3.63) is 23.8 Å². The van der Waals surface area contributed by atoms with E-state index in [0.29, 0.717) is 11.3 Å². The molecular weight excluding hydrogens is 288 g/mol. The third-order valence-corrected chi connectivity index (χ3v) is 5.10. The molecule has 0 bridgehead atoms. The Balaban J connectivity index is 2.21. The van der Waals surface area contributed by atoms with E-state index < -0.39 is 5.91 Å². The van der Waals surface area contributed by atoms with E-state index in [4.69, 9.17) is 11.5 Å². The molecule has 0 spiro atoms. The number of nitrogen functional groups attached to an aromatic ring is 1. The number of aromatic nitrogens is 2. The van der Waals surface area contributed by atoms with E-state index in [2.05, 4.69) is 10.2 Å². The summed E-state index contributed by atoms with van der Waals surface area (Å²) in [5, 5.41) is 8.05. The number of rotatable bonds is 4. The molecule has 2 rings (SSSR count). The molecule has 94 valence electrons. The Kier molecular flexibility index (Phi) is 4.10. The molecule has 0 fully saturated rings. The number of nitrogens with zero attached hydrogens (tertiary/aromatic N) is 2. The van der Waals surface area contributed by atoms with E-state index in [1.54, 1.807) is 30.0 Å². The zero-order valence-corrected chi connectivity index (χ0v) is 11.9. The van der Waals surface area contributed by atoms with Gasteiger partial charge in [0, 0.05) is 16.1 Å². The van der Waals surface area contributed by atoms with Gasteiger partial charge in [0.15, 0.2) is 8.68 Å². The van der Waals surface area contributed by atoms with Gasteiger partial charge < -0.3 is 11.5 Å². The van der Waals surface area contributed by atoms with Crippen LogP contribution < -0.4 is 11.5 Å². The minimum atomic E-state index is -0.487. The number of primary amides is 1. The number of anilines is 1. The van der Waals surface area contributed by atoms with Gasteiger partial charge in [-0.1, -0.05) is 34.9 Å². The number of carbonyl (C=O) groups is 1. The molecule has 0 saturated heterocycles. The van der Waals surface area contributed by atoms with Crippen LogP contribution in [-0.4, -0.2) is 22.4 Å². The summed E-state index contributed by atoms with van der Waals surface area (Å²) >= 11 is 4.48. The lowest BCUT2D eigenvalue weighted by atomic mass is 10.2. The fourth-order valence-electron chi connectivity index (χ4n) is 1.21. The Bertz CT molecular complexity index is 584. The lowest BCUT2D eigenvalue weighted by molar-refractivity contribution is 0.100. The summed E-state index contributed by atoms with van der Waals surface area (Å²) in [6.45, 7) is 0. The van der Waals surface area contributed by atoms with Crippen molar-refractivity contribution in [3.8, 4) is 0 Å². The highest BCUT2D eigenvalue weighted by Gasteiger charge is 2.09. The largest absolute Gasteiger partial charge is 0.398 e. The molecule has 1 aromatic carbocycles. The van der Waals surface area contributed by atoms with Crippen molar-refractivity contribution in [2.45, 2.75) is 13.6 Å². The average Bonchev–Trinajstić information content (AvgIpc) is 2.79. The SMILES string of the molecule is CSc1nnc(Sc2ccc(C(N)=O)cc2N)s1. The molecule has 1 heterocycles. The van der Waals surface area contributed by atoms with Crippen LogP contribution in [0.2, 0.25) is 0 Å². The molecule has 5 nitrogen and oxygen atoms in total.